The lowest BCUT2D eigenvalue weighted by Gasteiger charge is -2.28. The molecule has 2 fully saturated rings. The molecule has 5 nitrogen and oxygen atoms in total. The molecule has 4 atom stereocenters. The molecule has 0 aromatic heterocycles. The highest BCUT2D eigenvalue weighted by Gasteiger charge is 2.46. The summed E-state index contributed by atoms with van der Waals surface area (Å²) in [4.78, 5) is 12.5. The molecule has 1 amide bonds. The highest BCUT2D eigenvalue weighted by Crippen LogP contribution is 2.51. The lowest BCUT2D eigenvalue weighted by Crippen LogP contribution is -2.45. The normalized spacial score (nSPS) is 29.7. The number of aliphatic hydroxyl groups is 1. The Morgan fingerprint density at radius 2 is 2.00 bits per heavy atom. The maximum atomic E-state index is 12.5. The van der Waals surface area contributed by atoms with E-state index in [-0.39, 0.29) is 23.8 Å². The third-order valence-corrected chi connectivity index (χ3v) is 5.02. The van der Waals surface area contributed by atoms with Crippen LogP contribution in [0.25, 0.3) is 0 Å². The van der Waals surface area contributed by atoms with Gasteiger partial charge < -0.3 is 19.9 Å². The van der Waals surface area contributed by atoms with Crippen LogP contribution in [0.2, 0.25) is 0 Å². The number of nitrogens with one attached hydrogen (secondary N) is 1. The SMILES string of the molecule is COc1ccc(OC)c(C2CC2C(=O)N[C@@H]2CCCC[C@H]2O)c1. The van der Waals surface area contributed by atoms with Gasteiger partial charge >= 0.3 is 0 Å². The second kappa shape index (κ2) is 6.79. The van der Waals surface area contributed by atoms with Gasteiger partial charge in [-0.1, -0.05) is 12.8 Å². The van der Waals surface area contributed by atoms with E-state index in [2.05, 4.69) is 5.32 Å². The van der Waals surface area contributed by atoms with Crippen molar-refractivity contribution in [2.24, 2.45) is 5.92 Å². The van der Waals surface area contributed by atoms with Gasteiger partial charge in [-0.05, 0) is 37.5 Å². The molecule has 3 rings (SSSR count). The van der Waals surface area contributed by atoms with Crippen molar-refractivity contribution >= 4 is 5.91 Å². The van der Waals surface area contributed by atoms with E-state index in [0.29, 0.717) is 0 Å². The number of carbonyl (C=O) groups is 1. The molecule has 1 aromatic rings. The summed E-state index contributed by atoms with van der Waals surface area (Å²) in [6.45, 7) is 0. The minimum atomic E-state index is -0.406. The smallest absolute Gasteiger partial charge is 0.224 e. The molecule has 0 heterocycles. The van der Waals surface area contributed by atoms with E-state index < -0.39 is 6.10 Å². The molecule has 0 saturated heterocycles. The summed E-state index contributed by atoms with van der Waals surface area (Å²) in [5.41, 5.74) is 1.02. The average molecular weight is 319 g/mol. The van der Waals surface area contributed by atoms with E-state index in [9.17, 15) is 9.90 Å². The van der Waals surface area contributed by atoms with Crippen molar-refractivity contribution in [3.8, 4) is 11.5 Å². The average Bonchev–Trinajstić information content (AvgIpc) is 3.37. The van der Waals surface area contributed by atoms with Crippen molar-refractivity contribution in [2.75, 3.05) is 14.2 Å². The zero-order valence-corrected chi connectivity index (χ0v) is 13.7. The van der Waals surface area contributed by atoms with Crippen molar-refractivity contribution in [2.45, 2.75) is 50.2 Å². The first-order valence-corrected chi connectivity index (χ1v) is 8.34. The first-order chi connectivity index (χ1) is 11.1. The number of amides is 1. The molecular weight excluding hydrogens is 294 g/mol. The Balaban J connectivity index is 1.65. The van der Waals surface area contributed by atoms with Crippen molar-refractivity contribution < 1.29 is 19.4 Å². The van der Waals surface area contributed by atoms with E-state index in [1.165, 1.54) is 0 Å². The Hall–Kier alpha value is -1.75. The second-order valence-electron chi connectivity index (χ2n) is 6.52. The summed E-state index contributed by atoms with van der Waals surface area (Å²) in [6, 6.07) is 5.60. The van der Waals surface area contributed by atoms with Crippen LogP contribution >= 0.6 is 0 Å². The lowest BCUT2D eigenvalue weighted by atomic mass is 9.92. The highest BCUT2D eigenvalue weighted by atomic mass is 16.5. The number of hydrogen-bond donors (Lipinski definition) is 2. The summed E-state index contributed by atoms with van der Waals surface area (Å²) in [5.74, 6) is 1.75. The van der Waals surface area contributed by atoms with Crippen LogP contribution in [0.4, 0.5) is 0 Å². The van der Waals surface area contributed by atoms with Crippen LogP contribution in [0.3, 0.4) is 0 Å². The fraction of sp³-hybridized carbons (Fsp3) is 0.611. The zero-order chi connectivity index (χ0) is 16.4. The standard InChI is InChI=1S/C18H25NO4/c1-22-11-7-8-17(23-2)13(9-11)12-10-14(12)18(21)19-15-5-3-4-6-16(15)20/h7-9,12,14-16,20H,3-6,10H2,1-2H3,(H,19,21)/t12?,14?,15-,16-/m1/s1. The van der Waals surface area contributed by atoms with Crippen molar-refractivity contribution in [3.05, 3.63) is 23.8 Å². The van der Waals surface area contributed by atoms with Gasteiger partial charge in [0, 0.05) is 17.4 Å². The Morgan fingerprint density at radius 1 is 1.22 bits per heavy atom. The summed E-state index contributed by atoms with van der Waals surface area (Å²) >= 11 is 0. The molecule has 2 aliphatic carbocycles. The number of benzene rings is 1. The Kier molecular flexibility index (Phi) is 4.76. The van der Waals surface area contributed by atoms with Gasteiger partial charge in [-0.15, -0.1) is 0 Å². The van der Waals surface area contributed by atoms with Crippen LogP contribution in [-0.4, -0.2) is 37.4 Å². The largest absolute Gasteiger partial charge is 0.497 e. The van der Waals surface area contributed by atoms with E-state index >= 15 is 0 Å². The number of ether oxygens (including phenoxy) is 2. The molecule has 0 spiro atoms. The summed E-state index contributed by atoms with van der Waals surface area (Å²) < 4.78 is 10.7. The second-order valence-corrected chi connectivity index (χ2v) is 6.52. The number of rotatable bonds is 5. The number of methoxy groups -OCH3 is 2. The molecule has 2 aliphatic rings. The van der Waals surface area contributed by atoms with Gasteiger partial charge in [0.1, 0.15) is 11.5 Å². The molecule has 0 bridgehead atoms. The minimum Gasteiger partial charge on any atom is -0.497 e. The maximum absolute atomic E-state index is 12.5. The molecule has 2 saturated carbocycles. The highest BCUT2D eigenvalue weighted by molar-refractivity contribution is 5.83. The zero-order valence-electron chi connectivity index (χ0n) is 13.7. The van der Waals surface area contributed by atoms with Crippen molar-refractivity contribution in [3.63, 3.8) is 0 Å². The molecule has 0 radical (unpaired) electrons. The van der Waals surface area contributed by atoms with Gasteiger partial charge in [-0.2, -0.15) is 0 Å². The molecule has 23 heavy (non-hydrogen) atoms. The summed E-state index contributed by atoms with van der Waals surface area (Å²) in [7, 11) is 3.27. The van der Waals surface area contributed by atoms with Gasteiger partial charge in [0.2, 0.25) is 5.91 Å². The van der Waals surface area contributed by atoms with Crippen LogP contribution in [-0.2, 0) is 4.79 Å². The number of carbonyl (C=O) groups excluding carboxylic acids is 1. The first-order valence-electron chi connectivity index (χ1n) is 8.34. The summed E-state index contributed by atoms with van der Waals surface area (Å²) in [6.07, 6.45) is 4.17. The monoisotopic (exact) mass is 319 g/mol. The molecule has 2 N–H and O–H groups in total. The first kappa shape index (κ1) is 16.1. The topological polar surface area (TPSA) is 67.8 Å². The van der Waals surface area contributed by atoms with Crippen molar-refractivity contribution in [1.82, 2.24) is 5.32 Å². The quantitative estimate of drug-likeness (QED) is 0.873. The molecule has 1 aromatic carbocycles. The fourth-order valence-corrected chi connectivity index (χ4v) is 3.53. The van der Waals surface area contributed by atoms with Crippen LogP contribution < -0.4 is 14.8 Å². The van der Waals surface area contributed by atoms with Gasteiger partial charge in [0.15, 0.2) is 0 Å². The maximum Gasteiger partial charge on any atom is 0.224 e. The summed E-state index contributed by atoms with van der Waals surface area (Å²) in [5, 5.41) is 13.0. The van der Waals surface area contributed by atoms with E-state index in [4.69, 9.17) is 9.47 Å². The van der Waals surface area contributed by atoms with Gasteiger partial charge in [0.25, 0.3) is 0 Å². The fourth-order valence-electron chi connectivity index (χ4n) is 3.53. The minimum absolute atomic E-state index is 0.0369. The molecule has 5 heteroatoms. The predicted octanol–water partition coefficient (Wildman–Crippen LogP) is 2.23. The van der Waals surface area contributed by atoms with Crippen LogP contribution in [0, 0.1) is 5.92 Å². The number of aliphatic hydroxyl groups excluding tert-OH is 1. The molecule has 126 valence electrons. The van der Waals surface area contributed by atoms with Crippen molar-refractivity contribution in [1.29, 1.82) is 0 Å². The predicted molar refractivity (Wildman–Crippen MR) is 86.8 cm³/mol. The van der Waals surface area contributed by atoms with Gasteiger partial charge in [0.05, 0.1) is 26.4 Å². The molecule has 2 unspecified atom stereocenters. The van der Waals surface area contributed by atoms with E-state index in [1.807, 2.05) is 18.2 Å². The third-order valence-electron chi connectivity index (χ3n) is 5.02. The Morgan fingerprint density at radius 3 is 2.70 bits per heavy atom. The van der Waals surface area contributed by atoms with E-state index in [0.717, 1.165) is 49.2 Å². The van der Waals surface area contributed by atoms with E-state index in [1.54, 1.807) is 14.2 Å². The lowest BCUT2D eigenvalue weighted by molar-refractivity contribution is -0.124. The third kappa shape index (κ3) is 3.44. The number of hydrogen-bond acceptors (Lipinski definition) is 4. The van der Waals surface area contributed by atoms with Crippen LogP contribution in [0.15, 0.2) is 18.2 Å². The van der Waals surface area contributed by atoms with Crippen LogP contribution in [0.1, 0.15) is 43.6 Å². The van der Waals surface area contributed by atoms with Gasteiger partial charge in [-0.3, -0.25) is 4.79 Å². The Labute approximate surface area is 137 Å². The van der Waals surface area contributed by atoms with Gasteiger partial charge in [-0.25, -0.2) is 0 Å². The molecule has 0 aliphatic heterocycles. The Bertz CT molecular complexity index is 574. The van der Waals surface area contributed by atoms with Crippen LogP contribution in [0.5, 0.6) is 11.5 Å². The molecular formula is C18H25NO4.